The summed E-state index contributed by atoms with van der Waals surface area (Å²) >= 11 is 12.6. The fraction of sp³-hybridized carbons (Fsp3) is 0.235. The quantitative estimate of drug-likeness (QED) is 0.181. The zero-order chi connectivity index (χ0) is 32.6. The lowest BCUT2D eigenvalue weighted by Gasteiger charge is -2.34. The Hall–Kier alpha value is -4.05. The fourth-order valence-corrected chi connectivity index (χ4v) is 6.68. The van der Waals surface area contributed by atoms with Crippen molar-refractivity contribution in [3.8, 4) is 5.75 Å². The molecule has 0 saturated heterocycles. The maximum atomic E-state index is 14.5. The van der Waals surface area contributed by atoms with Crippen LogP contribution in [-0.2, 0) is 32.6 Å². The molecule has 0 unspecified atom stereocenters. The monoisotopic (exact) mass is 667 g/mol. The lowest BCUT2D eigenvalue weighted by molar-refractivity contribution is -0.140. The first kappa shape index (κ1) is 33.8. The van der Waals surface area contributed by atoms with E-state index < -0.39 is 28.5 Å². The van der Waals surface area contributed by atoms with E-state index in [-0.39, 0.29) is 40.2 Å². The van der Waals surface area contributed by atoms with Gasteiger partial charge >= 0.3 is 0 Å². The standard InChI is InChI=1S/C34H35Cl2N3O5S/c1-4-37-34(41)31(20-25-9-6-5-7-10-25)38(22-26-11-8-12-27(35)19-26)33(40)23-39(30-21-28(36)15-18-32(30)44-3)45(42,43)29-16-13-24(2)14-17-29/h5-19,21,31H,4,20,22-23H2,1-3H3,(H,37,41)/t31-/m0/s1. The molecule has 45 heavy (non-hydrogen) atoms. The van der Waals surface area contributed by atoms with Gasteiger partial charge in [0.15, 0.2) is 0 Å². The minimum atomic E-state index is -4.32. The predicted molar refractivity (Wildman–Crippen MR) is 178 cm³/mol. The van der Waals surface area contributed by atoms with Crippen LogP contribution in [0.3, 0.4) is 0 Å². The minimum absolute atomic E-state index is 0.000865. The summed E-state index contributed by atoms with van der Waals surface area (Å²) < 4.78 is 35.0. The highest BCUT2D eigenvalue weighted by Crippen LogP contribution is 2.35. The number of nitrogens with zero attached hydrogens (tertiary/aromatic N) is 2. The molecule has 236 valence electrons. The summed E-state index contributed by atoms with van der Waals surface area (Å²) in [6, 6.07) is 26.2. The molecule has 0 radical (unpaired) electrons. The fourth-order valence-electron chi connectivity index (χ4n) is 4.89. The molecule has 4 rings (SSSR count). The van der Waals surface area contributed by atoms with E-state index in [2.05, 4.69) is 5.32 Å². The average molecular weight is 669 g/mol. The summed E-state index contributed by atoms with van der Waals surface area (Å²) in [6.07, 6.45) is 0.199. The van der Waals surface area contributed by atoms with Gasteiger partial charge in [-0.25, -0.2) is 8.42 Å². The predicted octanol–water partition coefficient (Wildman–Crippen LogP) is 6.28. The van der Waals surface area contributed by atoms with E-state index in [0.29, 0.717) is 17.1 Å². The average Bonchev–Trinajstić information content (AvgIpc) is 3.02. The van der Waals surface area contributed by atoms with Crippen molar-refractivity contribution in [3.63, 3.8) is 0 Å². The second kappa shape index (κ2) is 15.3. The molecule has 0 spiro atoms. The number of rotatable bonds is 13. The third kappa shape index (κ3) is 8.57. The first-order valence-corrected chi connectivity index (χ1v) is 16.5. The van der Waals surface area contributed by atoms with Crippen molar-refractivity contribution in [3.05, 3.63) is 124 Å². The Bertz CT molecular complexity index is 1730. The van der Waals surface area contributed by atoms with Crippen molar-refractivity contribution in [1.82, 2.24) is 10.2 Å². The van der Waals surface area contributed by atoms with Crippen LogP contribution in [0.5, 0.6) is 5.75 Å². The summed E-state index contributed by atoms with van der Waals surface area (Å²) in [5.41, 5.74) is 2.46. The van der Waals surface area contributed by atoms with Crippen molar-refractivity contribution in [1.29, 1.82) is 0 Å². The molecule has 2 amide bonds. The molecule has 0 aromatic heterocycles. The molecule has 0 aliphatic rings. The Kier molecular flexibility index (Phi) is 11.5. The number of sulfonamides is 1. The highest BCUT2D eigenvalue weighted by Gasteiger charge is 2.35. The SMILES string of the molecule is CCNC(=O)[C@H](Cc1ccccc1)N(Cc1cccc(Cl)c1)C(=O)CN(c1cc(Cl)ccc1OC)S(=O)(=O)c1ccc(C)cc1. The van der Waals surface area contributed by atoms with Crippen LogP contribution in [0.2, 0.25) is 10.0 Å². The Morgan fingerprint density at radius 3 is 2.18 bits per heavy atom. The van der Waals surface area contributed by atoms with Crippen LogP contribution < -0.4 is 14.4 Å². The third-order valence-electron chi connectivity index (χ3n) is 7.16. The molecule has 0 bridgehead atoms. The van der Waals surface area contributed by atoms with E-state index in [9.17, 15) is 18.0 Å². The van der Waals surface area contributed by atoms with Gasteiger partial charge in [0.25, 0.3) is 10.0 Å². The molecule has 11 heteroatoms. The van der Waals surface area contributed by atoms with Crippen LogP contribution in [0.15, 0.2) is 102 Å². The van der Waals surface area contributed by atoms with Crippen LogP contribution in [0.25, 0.3) is 0 Å². The van der Waals surface area contributed by atoms with Gasteiger partial charge in [-0.15, -0.1) is 0 Å². The number of ether oxygens (including phenoxy) is 1. The molecule has 0 fully saturated rings. The van der Waals surface area contributed by atoms with Gasteiger partial charge < -0.3 is 15.0 Å². The highest BCUT2D eigenvalue weighted by molar-refractivity contribution is 7.92. The number of methoxy groups -OCH3 is 1. The summed E-state index contributed by atoms with van der Waals surface area (Å²) in [6.45, 7) is 3.34. The van der Waals surface area contributed by atoms with Gasteiger partial charge in [0.1, 0.15) is 18.3 Å². The molecular weight excluding hydrogens is 633 g/mol. The number of aryl methyl sites for hydroxylation is 1. The molecule has 0 heterocycles. The molecular formula is C34H35Cl2N3O5S. The van der Waals surface area contributed by atoms with E-state index in [1.54, 1.807) is 49.4 Å². The molecule has 0 saturated carbocycles. The zero-order valence-electron chi connectivity index (χ0n) is 25.2. The van der Waals surface area contributed by atoms with Crippen LogP contribution in [0.1, 0.15) is 23.6 Å². The molecule has 1 N–H and O–H groups in total. The minimum Gasteiger partial charge on any atom is -0.495 e. The number of amides is 2. The van der Waals surface area contributed by atoms with Crippen molar-refractivity contribution in [2.24, 2.45) is 0 Å². The first-order valence-electron chi connectivity index (χ1n) is 14.3. The highest BCUT2D eigenvalue weighted by atomic mass is 35.5. The lowest BCUT2D eigenvalue weighted by Crippen LogP contribution is -2.53. The summed E-state index contributed by atoms with van der Waals surface area (Å²) in [5, 5.41) is 3.56. The van der Waals surface area contributed by atoms with Gasteiger partial charge in [-0.1, -0.05) is 83.4 Å². The van der Waals surface area contributed by atoms with Crippen molar-refractivity contribution in [2.75, 3.05) is 24.5 Å². The first-order chi connectivity index (χ1) is 21.5. The smallest absolute Gasteiger partial charge is 0.264 e. The Labute approximate surface area is 274 Å². The number of halogens is 2. The molecule has 1 atom stereocenters. The number of hydrogen-bond acceptors (Lipinski definition) is 5. The van der Waals surface area contributed by atoms with E-state index in [1.165, 1.54) is 36.3 Å². The second-order valence-electron chi connectivity index (χ2n) is 10.4. The molecule has 4 aromatic rings. The number of likely N-dealkylation sites (N-methyl/N-ethyl adjacent to an activating group) is 1. The molecule has 0 aliphatic heterocycles. The van der Waals surface area contributed by atoms with Gasteiger partial charge in [-0.05, 0) is 67.4 Å². The number of carbonyl (C=O) groups is 2. The number of carbonyl (C=O) groups excluding carboxylic acids is 2. The van der Waals surface area contributed by atoms with Gasteiger partial charge in [-0.3, -0.25) is 13.9 Å². The van der Waals surface area contributed by atoms with Gasteiger partial charge in [-0.2, -0.15) is 0 Å². The van der Waals surface area contributed by atoms with Crippen LogP contribution in [-0.4, -0.2) is 51.4 Å². The summed E-state index contributed by atoms with van der Waals surface area (Å²) in [5.74, 6) is -0.779. The van der Waals surface area contributed by atoms with E-state index >= 15 is 0 Å². The number of hydrogen-bond donors (Lipinski definition) is 1. The van der Waals surface area contributed by atoms with Crippen molar-refractivity contribution >= 4 is 50.7 Å². The molecule has 0 aliphatic carbocycles. The maximum Gasteiger partial charge on any atom is 0.264 e. The number of nitrogens with one attached hydrogen (secondary N) is 1. The van der Waals surface area contributed by atoms with Crippen LogP contribution >= 0.6 is 23.2 Å². The van der Waals surface area contributed by atoms with E-state index in [4.69, 9.17) is 27.9 Å². The summed E-state index contributed by atoms with van der Waals surface area (Å²) in [4.78, 5) is 29.5. The Morgan fingerprint density at radius 1 is 0.867 bits per heavy atom. The number of benzene rings is 4. The lowest BCUT2D eigenvalue weighted by atomic mass is 10.0. The largest absolute Gasteiger partial charge is 0.495 e. The number of anilines is 1. The molecule has 8 nitrogen and oxygen atoms in total. The van der Waals surface area contributed by atoms with Crippen LogP contribution in [0.4, 0.5) is 5.69 Å². The molecule has 4 aromatic carbocycles. The summed E-state index contributed by atoms with van der Waals surface area (Å²) in [7, 11) is -2.91. The normalized spacial score (nSPS) is 11.8. The zero-order valence-corrected chi connectivity index (χ0v) is 27.6. The van der Waals surface area contributed by atoms with Gasteiger partial charge in [0.2, 0.25) is 11.8 Å². The maximum absolute atomic E-state index is 14.5. The van der Waals surface area contributed by atoms with E-state index in [1.807, 2.05) is 37.3 Å². The van der Waals surface area contributed by atoms with Gasteiger partial charge in [0, 0.05) is 29.6 Å². The van der Waals surface area contributed by atoms with Crippen molar-refractivity contribution < 1.29 is 22.7 Å². The Balaban J connectivity index is 1.85. The van der Waals surface area contributed by atoms with E-state index in [0.717, 1.165) is 15.4 Å². The third-order valence-corrected chi connectivity index (χ3v) is 9.41. The second-order valence-corrected chi connectivity index (χ2v) is 13.1. The van der Waals surface area contributed by atoms with Gasteiger partial charge in [0.05, 0.1) is 17.7 Å². The van der Waals surface area contributed by atoms with Crippen molar-refractivity contribution in [2.45, 2.75) is 37.8 Å². The topological polar surface area (TPSA) is 96.0 Å². The van der Waals surface area contributed by atoms with Crippen LogP contribution in [0, 0.1) is 6.92 Å². The Morgan fingerprint density at radius 2 is 1.53 bits per heavy atom.